The first-order chi connectivity index (χ1) is 10.0. The summed E-state index contributed by atoms with van der Waals surface area (Å²) in [6.45, 7) is 2.29. The van der Waals surface area contributed by atoms with Crippen molar-refractivity contribution in [2.24, 2.45) is 0 Å². The lowest BCUT2D eigenvalue weighted by Crippen LogP contribution is -2.02. The third kappa shape index (κ3) is 3.65. The van der Waals surface area contributed by atoms with E-state index in [-0.39, 0.29) is 10.6 Å². The Morgan fingerprint density at radius 3 is 2.43 bits per heavy atom. The fraction of sp³-hybridized carbons (Fsp3) is 0.200. The van der Waals surface area contributed by atoms with Gasteiger partial charge in [0.2, 0.25) is 0 Å². The minimum atomic E-state index is -0.369. The normalized spacial score (nSPS) is 10.4. The van der Waals surface area contributed by atoms with Crippen molar-refractivity contribution in [3.63, 3.8) is 0 Å². The van der Waals surface area contributed by atoms with E-state index >= 15 is 0 Å². The lowest BCUT2D eigenvalue weighted by atomic mass is 10.1. The summed E-state index contributed by atoms with van der Waals surface area (Å²) in [6, 6.07) is 10.4. The van der Waals surface area contributed by atoms with Crippen LogP contribution < -0.4 is 5.32 Å². The second-order valence-electron chi connectivity index (χ2n) is 4.51. The molecule has 2 rings (SSSR count). The summed E-state index contributed by atoms with van der Waals surface area (Å²) in [7, 11) is 0. The van der Waals surface area contributed by atoms with E-state index in [1.54, 1.807) is 24.3 Å². The molecule has 110 valence electrons. The molecule has 0 aliphatic heterocycles. The molecule has 0 radical (unpaired) electrons. The van der Waals surface area contributed by atoms with E-state index in [2.05, 4.69) is 5.32 Å². The predicted octanol–water partition coefficient (Wildman–Crippen LogP) is 5.08. The average molecular weight is 325 g/mol. The van der Waals surface area contributed by atoms with Gasteiger partial charge in [0.25, 0.3) is 5.69 Å². The Bertz CT molecular complexity index is 654. The van der Waals surface area contributed by atoms with Gasteiger partial charge < -0.3 is 5.32 Å². The Kier molecular flexibility index (Phi) is 5.04. The SMILES string of the molecule is CCc1ccc(NCc2c(Cl)cccc2Cl)cc1[N+](=O)[O-]. The number of aryl methyl sites for hydroxylation is 1. The Morgan fingerprint density at radius 2 is 1.86 bits per heavy atom. The highest BCUT2D eigenvalue weighted by atomic mass is 35.5. The van der Waals surface area contributed by atoms with Crippen LogP contribution in [-0.2, 0) is 13.0 Å². The number of halogens is 2. The third-order valence-electron chi connectivity index (χ3n) is 3.19. The predicted molar refractivity (Wildman–Crippen MR) is 86.3 cm³/mol. The van der Waals surface area contributed by atoms with E-state index in [1.807, 2.05) is 13.0 Å². The van der Waals surface area contributed by atoms with Crippen molar-refractivity contribution in [3.05, 3.63) is 67.7 Å². The smallest absolute Gasteiger partial charge is 0.274 e. The second kappa shape index (κ2) is 6.78. The highest BCUT2D eigenvalue weighted by molar-refractivity contribution is 6.36. The van der Waals surface area contributed by atoms with Gasteiger partial charge in [0.15, 0.2) is 0 Å². The summed E-state index contributed by atoms with van der Waals surface area (Å²) in [5.41, 5.74) is 2.26. The van der Waals surface area contributed by atoms with Crippen LogP contribution in [0.15, 0.2) is 36.4 Å². The number of benzene rings is 2. The summed E-state index contributed by atoms with van der Waals surface area (Å²) in [6.07, 6.45) is 0.618. The molecule has 0 aromatic heterocycles. The Balaban J connectivity index is 2.21. The molecule has 0 saturated carbocycles. The number of anilines is 1. The van der Waals surface area contributed by atoms with Crippen LogP contribution >= 0.6 is 23.2 Å². The quantitative estimate of drug-likeness (QED) is 0.616. The van der Waals surface area contributed by atoms with Crippen molar-refractivity contribution < 1.29 is 4.92 Å². The molecule has 2 aromatic carbocycles. The lowest BCUT2D eigenvalue weighted by Gasteiger charge is -2.10. The number of hydrogen-bond donors (Lipinski definition) is 1. The molecular formula is C15H14Cl2N2O2. The molecule has 0 atom stereocenters. The highest BCUT2D eigenvalue weighted by Crippen LogP contribution is 2.27. The molecule has 4 nitrogen and oxygen atoms in total. The average Bonchev–Trinajstić information content (AvgIpc) is 2.46. The molecule has 0 aliphatic rings. The fourth-order valence-electron chi connectivity index (χ4n) is 2.03. The molecule has 21 heavy (non-hydrogen) atoms. The standard InChI is InChI=1S/C15H14Cl2N2O2/c1-2-10-6-7-11(8-15(10)19(20)21)18-9-12-13(16)4-3-5-14(12)17/h3-8,18H,2,9H2,1H3. The van der Waals surface area contributed by atoms with Gasteiger partial charge in [-0.3, -0.25) is 10.1 Å². The zero-order chi connectivity index (χ0) is 15.4. The maximum atomic E-state index is 11.1. The molecule has 6 heteroatoms. The van der Waals surface area contributed by atoms with Crippen molar-refractivity contribution in [1.82, 2.24) is 0 Å². The maximum Gasteiger partial charge on any atom is 0.274 e. The van der Waals surface area contributed by atoms with Crippen molar-refractivity contribution in [2.75, 3.05) is 5.32 Å². The molecule has 0 spiro atoms. The van der Waals surface area contributed by atoms with Crippen LogP contribution in [-0.4, -0.2) is 4.92 Å². The first-order valence-electron chi connectivity index (χ1n) is 6.47. The summed E-state index contributed by atoms with van der Waals surface area (Å²) >= 11 is 12.2. The molecule has 0 bridgehead atoms. The molecule has 0 aliphatic carbocycles. The third-order valence-corrected chi connectivity index (χ3v) is 3.90. The van der Waals surface area contributed by atoms with Gasteiger partial charge in [0, 0.05) is 39.5 Å². The molecule has 0 unspecified atom stereocenters. The topological polar surface area (TPSA) is 55.2 Å². The van der Waals surface area contributed by atoms with Crippen LogP contribution in [0, 0.1) is 10.1 Å². The van der Waals surface area contributed by atoms with Crippen LogP contribution in [0.1, 0.15) is 18.1 Å². The van der Waals surface area contributed by atoms with Crippen LogP contribution in [0.5, 0.6) is 0 Å². The van der Waals surface area contributed by atoms with Gasteiger partial charge in [-0.2, -0.15) is 0 Å². The lowest BCUT2D eigenvalue weighted by molar-refractivity contribution is -0.385. The van der Waals surface area contributed by atoms with Crippen molar-refractivity contribution in [2.45, 2.75) is 19.9 Å². The Labute approximate surface area is 132 Å². The minimum Gasteiger partial charge on any atom is -0.381 e. The first-order valence-corrected chi connectivity index (χ1v) is 7.22. The fourth-order valence-corrected chi connectivity index (χ4v) is 2.57. The Morgan fingerprint density at radius 1 is 1.19 bits per heavy atom. The number of nitro groups is 1. The van der Waals surface area contributed by atoms with Gasteiger partial charge in [-0.1, -0.05) is 42.3 Å². The van der Waals surface area contributed by atoms with Crippen LogP contribution in [0.3, 0.4) is 0 Å². The highest BCUT2D eigenvalue weighted by Gasteiger charge is 2.13. The monoisotopic (exact) mass is 324 g/mol. The van der Waals surface area contributed by atoms with E-state index in [4.69, 9.17) is 23.2 Å². The summed E-state index contributed by atoms with van der Waals surface area (Å²) in [5, 5.41) is 15.3. The zero-order valence-electron chi connectivity index (χ0n) is 11.4. The molecular weight excluding hydrogens is 311 g/mol. The van der Waals surface area contributed by atoms with Gasteiger partial charge in [-0.15, -0.1) is 0 Å². The molecule has 0 amide bonds. The van der Waals surface area contributed by atoms with Gasteiger partial charge in [0.1, 0.15) is 0 Å². The van der Waals surface area contributed by atoms with Crippen molar-refractivity contribution in [1.29, 1.82) is 0 Å². The number of nitro benzene ring substituents is 1. The van der Waals surface area contributed by atoms with E-state index < -0.39 is 0 Å². The molecule has 0 saturated heterocycles. The van der Waals surface area contributed by atoms with Gasteiger partial charge >= 0.3 is 0 Å². The zero-order valence-corrected chi connectivity index (χ0v) is 12.9. The molecule has 0 fully saturated rings. The summed E-state index contributed by atoms with van der Waals surface area (Å²) < 4.78 is 0. The number of nitrogens with one attached hydrogen (secondary N) is 1. The van der Waals surface area contributed by atoms with Crippen molar-refractivity contribution in [3.8, 4) is 0 Å². The van der Waals surface area contributed by atoms with Gasteiger partial charge in [-0.25, -0.2) is 0 Å². The second-order valence-corrected chi connectivity index (χ2v) is 5.32. The Hall–Kier alpha value is -1.78. The summed E-state index contributed by atoms with van der Waals surface area (Å²) in [5.74, 6) is 0. The number of rotatable bonds is 5. The molecule has 1 N–H and O–H groups in total. The van der Waals surface area contributed by atoms with Gasteiger partial charge in [-0.05, 0) is 24.6 Å². The minimum absolute atomic E-state index is 0.118. The van der Waals surface area contributed by atoms with Crippen LogP contribution in [0.25, 0.3) is 0 Å². The van der Waals surface area contributed by atoms with Crippen LogP contribution in [0.2, 0.25) is 10.0 Å². The van der Waals surface area contributed by atoms with Crippen LogP contribution in [0.4, 0.5) is 11.4 Å². The van der Waals surface area contributed by atoms with E-state index in [1.165, 1.54) is 6.07 Å². The van der Waals surface area contributed by atoms with E-state index in [0.717, 1.165) is 5.56 Å². The van der Waals surface area contributed by atoms with Crippen molar-refractivity contribution >= 4 is 34.6 Å². The molecule has 2 aromatic rings. The largest absolute Gasteiger partial charge is 0.381 e. The number of hydrogen-bond acceptors (Lipinski definition) is 3. The van der Waals surface area contributed by atoms with E-state index in [0.29, 0.717) is 34.3 Å². The first kappa shape index (κ1) is 15.6. The summed E-state index contributed by atoms with van der Waals surface area (Å²) in [4.78, 5) is 10.7. The maximum absolute atomic E-state index is 11.1. The number of nitrogens with zero attached hydrogens (tertiary/aromatic N) is 1. The van der Waals surface area contributed by atoms with Gasteiger partial charge in [0.05, 0.1) is 4.92 Å². The molecule has 0 heterocycles. The van der Waals surface area contributed by atoms with E-state index in [9.17, 15) is 10.1 Å².